The average molecular weight is 369 g/mol. The maximum absolute atomic E-state index is 12.1. The predicted molar refractivity (Wildman–Crippen MR) is 81.9 cm³/mol. The summed E-state index contributed by atoms with van der Waals surface area (Å²) in [6.45, 7) is 0. The third kappa shape index (κ3) is 3.33. The van der Waals surface area contributed by atoms with Crippen LogP contribution in [0.25, 0.3) is 0 Å². The zero-order valence-corrected chi connectivity index (χ0v) is 13.3. The summed E-state index contributed by atoms with van der Waals surface area (Å²) in [5, 5.41) is 5.57. The highest BCUT2D eigenvalue weighted by atomic mass is 79.9. The lowest BCUT2D eigenvalue weighted by molar-refractivity contribution is -0.136. The van der Waals surface area contributed by atoms with Crippen LogP contribution >= 0.6 is 27.3 Å². The molecule has 2 aromatic rings. The monoisotopic (exact) mass is 368 g/mol. The van der Waals surface area contributed by atoms with Crippen LogP contribution in [0.5, 0.6) is 0 Å². The largest absolute Gasteiger partial charge is 0.348 e. The fourth-order valence-electron chi connectivity index (χ4n) is 2.24. The molecule has 3 rings (SSSR count). The van der Waals surface area contributed by atoms with Crippen LogP contribution < -0.4 is 10.6 Å². The molecule has 3 N–H and O–H groups in total. The molecular weight excluding hydrogens is 356 g/mol. The van der Waals surface area contributed by atoms with Gasteiger partial charge in [0.15, 0.2) is 0 Å². The number of hydrogen-bond donors (Lipinski definition) is 3. The van der Waals surface area contributed by atoms with Crippen LogP contribution in [0, 0.1) is 0 Å². The molecule has 0 radical (unpaired) electrons. The predicted octanol–water partition coefficient (Wildman–Crippen LogP) is 1.00. The molecule has 0 unspecified atom stereocenters. The number of piperazine rings is 1. The first kappa shape index (κ1) is 14.3. The van der Waals surface area contributed by atoms with Crippen molar-refractivity contribution in [2.45, 2.75) is 24.9 Å². The van der Waals surface area contributed by atoms with Gasteiger partial charge < -0.3 is 15.6 Å². The van der Waals surface area contributed by atoms with E-state index in [1.165, 1.54) is 0 Å². The third-order valence-corrected chi connectivity index (χ3v) is 4.92. The molecule has 6 nitrogen and oxygen atoms in total. The lowest BCUT2D eigenvalue weighted by Gasteiger charge is -2.29. The van der Waals surface area contributed by atoms with E-state index in [0.717, 1.165) is 14.4 Å². The molecule has 0 aromatic carbocycles. The van der Waals surface area contributed by atoms with Gasteiger partial charge in [-0.2, -0.15) is 0 Å². The molecule has 0 saturated carbocycles. The van der Waals surface area contributed by atoms with Gasteiger partial charge >= 0.3 is 0 Å². The number of nitrogens with one attached hydrogen (secondary N) is 3. The van der Waals surface area contributed by atoms with Crippen molar-refractivity contribution in [3.05, 3.63) is 39.0 Å². The first-order valence-corrected chi connectivity index (χ1v) is 8.05. The second kappa shape index (κ2) is 5.98. The fourth-order valence-corrected chi connectivity index (χ4v) is 3.77. The Morgan fingerprint density at radius 3 is 2.43 bits per heavy atom. The Balaban J connectivity index is 1.63. The maximum atomic E-state index is 12.1. The first-order valence-electron chi connectivity index (χ1n) is 6.44. The van der Waals surface area contributed by atoms with Crippen molar-refractivity contribution in [1.29, 1.82) is 0 Å². The van der Waals surface area contributed by atoms with Crippen molar-refractivity contribution in [3.8, 4) is 0 Å². The summed E-state index contributed by atoms with van der Waals surface area (Å²) in [7, 11) is 0. The Hall–Kier alpha value is -1.67. The lowest BCUT2D eigenvalue weighted by Crippen LogP contribution is -2.62. The van der Waals surface area contributed by atoms with Gasteiger partial charge in [0.1, 0.15) is 12.1 Å². The van der Waals surface area contributed by atoms with E-state index in [-0.39, 0.29) is 11.8 Å². The number of carbonyl (C=O) groups is 2. The summed E-state index contributed by atoms with van der Waals surface area (Å²) < 4.78 is 1.01. The summed E-state index contributed by atoms with van der Waals surface area (Å²) in [4.78, 5) is 32.1. The van der Waals surface area contributed by atoms with Gasteiger partial charge in [-0.3, -0.25) is 9.59 Å². The number of H-pyrrole nitrogens is 1. The lowest BCUT2D eigenvalue weighted by atomic mass is 10.0. The number of carbonyl (C=O) groups excluding carboxylic acids is 2. The first-order chi connectivity index (χ1) is 10.1. The molecule has 110 valence electrons. The molecule has 3 heterocycles. The van der Waals surface area contributed by atoms with Crippen LogP contribution in [0.1, 0.15) is 10.6 Å². The van der Waals surface area contributed by atoms with Gasteiger partial charge in [0.05, 0.1) is 10.1 Å². The molecule has 0 spiro atoms. The number of thiophene rings is 1. The molecule has 1 fully saturated rings. The topological polar surface area (TPSA) is 86.9 Å². The van der Waals surface area contributed by atoms with Gasteiger partial charge in [0.25, 0.3) is 0 Å². The average Bonchev–Trinajstić information content (AvgIpc) is 3.07. The smallest absolute Gasteiger partial charge is 0.243 e. The van der Waals surface area contributed by atoms with Crippen molar-refractivity contribution < 1.29 is 9.59 Å². The van der Waals surface area contributed by atoms with E-state index >= 15 is 0 Å². The molecule has 2 aromatic heterocycles. The zero-order chi connectivity index (χ0) is 14.8. The summed E-state index contributed by atoms with van der Waals surface area (Å²) in [5.74, 6) is -0.312. The Labute approximate surface area is 133 Å². The normalized spacial score (nSPS) is 22.0. The summed E-state index contributed by atoms with van der Waals surface area (Å²) in [6, 6.07) is 2.82. The molecule has 1 aliphatic heterocycles. The Bertz CT molecular complexity index is 655. The molecule has 2 atom stereocenters. The molecule has 0 bridgehead atoms. The molecule has 0 aliphatic carbocycles. The number of nitrogens with zero attached hydrogens (tertiary/aromatic N) is 1. The van der Waals surface area contributed by atoms with Crippen LogP contribution in [-0.2, 0) is 22.4 Å². The SMILES string of the molecule is O=C1N[C@@H](Cc2ccc(Br)s2)C(=O)N[C@H]1Cc1cnc[nH]1. The van der Waals surface area contributed by atoms with Gasteiger partial charge in [0, 0.05) is 29.6 Å². The van der Waals surface area contributed by atoms with E-state index in [0.29, 0.717) is 12.8 Å². The van der Waals surface area contributed by atoms with Gasteiger partial charge in [-0.05, 0) is 28.1 Å². The minimum Gasteiger partial charge on any atom is -0.348 e. The van der Waals surface area contributed by atoms with Crippen molar-refractivity contribution >= 4 is 39.1 Å². The van der Waals surface area contributed by atoms with E-state index < -0.39 is 12.1 Å². The van der Waals surface area contributed by atoms with E-state index in [2.05, 4.69) is 36.5 Å². The van der Waals surface area contributed by atoms with Crippen molar-refractivity contribution in [2.75, 3.05) is 0 Å². The second-order valence-electron chi connectivity index (χ2n) is 4.81. The minimum atomic E-state index is -0.552. The van der Waals surface area contributed by atoms with Gasteiger partial charge in [-0.25, -0.2) is 4.98 Å². The Morgan fingerprint density at radius 2 is 1.86 bits per heavy atom. The number of hydrogen-bond acceptors (Lipinski definition) is 4. The number of aromatic nitrogens is 2. The van der Waals surface area contributed by atoms with Crippen LogP contribution in [0.2, 0.25) is 0 Å². The van der Waals surface area contributed by atoms with E-state index in [9.17, 15) is 9.59 Å². The third-order valence-electron chi connectivity index (χ3n) is 3.28. The highest BCUT2D eigenvalue weighted by Crippen LogP contribution is 2.23. The summed E-state index contributed by atoms with van der Waals surface area (Å²) in [5.41, 5.74) is 0.816. The van der Waals surface area contributed by atoms with Crippen LogP contribution in [-0.4, -0.2) is 33.9 Å². The van der Waals surface area contributed by atoms with E-state index in [1.54, 1.807) is 23.9 Å². The summed E-state index contributed by atoms with van der Waals surface area (Å²) in [6.07, 6.45) is 4.11. The van der Waals surface area contributed by atoms with Crippen LogP contribution in [0.3, 0.4) is 0 Å². The van der Waals surface area contributed by atoms with E-state index in [1.807, 2.05) is 12.1 Å². The van der Waals surface area contributed by atoms with Gasteiger partial charge in [0.2, 0.25) is 11.8 Å². The summed E-state index contributed by atoms with van der Waals surface area (Å²) >= 11 is 4.95. The van der Waals surface area contributed by atoms with Gasteiger partial charge in [-0.15, -0.1) is 11.3 Å². The zero-order valence-electron chi connectivity index (χ0n) is 10.9. The fraction of sp³-hybridized carbons (Fsp3) is 0.308. The Kier molecular flexibility index (Phi) is 4.07. The standard InChI is InChI=1S/C13H13BrN4O2S/c14-11-2-1-8(21-11)4-10-13(20)17-9(12(19)18-10)3-7-5-15-6-16-7/h1-2,5-6,9-10H,3-4H2,(H,15,16)(H,17,20)(H,18,19)/t9-,10-/m0/s1. The van der Waals surface area contributed by atoms with Crippen molar-refractivity contribution in [1.82, 2.24) is 20.6 Å². The Morgan fingerprint density at radius 1 is 1.14 bits per heavy atom. The molecule has 1 aliphatic rings. The number of aromatic amines is 1. The highest BCUT2D eigenvalue weighted by molar-refractivity contribution is 9.11. The number of rotatable bonds is 4. The molecule has 1 saturated heterocycles. The highest BCUT2D eigenvalue weighted by Gasteiger charge is 2.34. The second-order valence-corrected chi connectivity index (χ2v) is 7.36. The van der Waals surface area contributed by atoms with Crippen molar-refractivity contribution in [3.63, 3.8) is 0 Å². The van der Waals surface area contributed by atoms with Crippen LogP contribution in [0.15, 0.2) is 28.4 Å². The molecule has 2 amide bonds. The molecule has 21 heavy (non-hydrogen) atoms. The van der Waals surface area contributed by atoms with Gasteiger partial charge in [-0.1, -0.05) is 0 Å². The number of halogens is 1. The maximum Gasteiger partial charge on any atom is 0.243 e. The number of imidazole rings is 1. The van der Waals surface area contributed by atoms with E-state index in [4.69, 9.17) is 0 Å². The van der Waals surface area contributed by atoms with Crippen LogP contribution in [0.4, 0.5) is 0 Å². The quantitative estimate of drug-likeness (QED) is 0.752. The minimum absolute atomic E-state index is 0.149. The molecular formula is C13H13BrN4O2S. The molecule has 8 heteroatoms. The van der Waals surface area contributed by atoms with Crippen molar-refractivity contribution in [2.24, 2.45) is 0 Å². The number of amides is 2.